The van der Waals surface area contributed by atoms with Crippen LogP contribution >= 0.6 is 0 Å². The molecule has 2 rings (SSSR count). The molecule has 1 heterocycles. The maximum absolute atomic E-state index is 5.45. The molecular weight excluding hydrogens is 326 g/mol. The van der Waals surface area contributed by atoms with Crippen LogP contribution in [-0.4, -0.2) is 87.9 Å². The highest BCUT2D eigenvalue weighted by atomic mass is 16.5. The highest BCUT2D eigenvalue weighted by molar-refractivity contribution is 5.79. The zero-order chi connectivity index (χ0) is 18.8. The Morgan fingerprint density at radius 1 is 1.15 bits per heavy atom. The van der Waals surface area contributed by atoms with Gasteiger partial charge in [0.25, 0.3) is 0 Å². The summed E-state index contributed by atoms with van der Waals surface area (Å²) in [5.74, 6) is 1.76. The third kappa shape index (κ3) is 7.05. The van der Waals surface area contributed by atoms with Gasteiger partial charge in [-0.15, -0.1) is 0 Å². The van der Waals surface area contributed by atoms with Crippen LogP contribution in [0.25, 0.3) is 0 Å². The molecule has 0 aromatic carbocycles. The Bertz CT molecular complexity index is 403. The minimum atomic E-state index is 0.456. The van der Waals surface area contributed by atoms with E-state index in [-0.39, 0.29) is 0 Å². The molecule has 0 aromatic heterocycles. The van der Waals surface area contributed by atoms with Crippen LogP contribution in [-0.2, 0) is 4.74 Å². The van der Waals surface area contributed by atoms with E-state index in [9.17, 15) is 0 Å². The van der Waals surface area contributed by atoms with Crippen molar-refractivity contribution in [3.05, 3.63) is 0 Å². The van der Waals surface area contributed by atoms with Gasteiger partial charge in [-0.25, -0.2) is 0 Å². The van der Waals surface area contributed by atoms with Crippen LogP contribution in [0.3, 0.4) is 0 Å². The lowest BCUT2D eigenvalue weighted by Crippen LogP contribution is -2.49. The molecule has 1 aliphatic carbocycles. The van der Waals surface area contributed by atoms with E-state index in [0.717, 1.165) is 57.8 Å². The van der Waals surface area contributed by atoms with Gasteiger partial charge >= 0.3 is 0 Å². The van der Waals surface area contributed by atoms with E-state index in [1.165, 1.54) is 32.1 Å². The summed E-state index contributed by atoms with van der Waals surface area (Å²) in [6, 6.07) is 1.04. The van der Waals surface area contributed by atoms with E-state index < -0.39 is 0 Å². The zero-order valence-corrected chi connectivity index (χ0v) is 17.5. The van der Waals surface area contributed by atoms with Crippen molar-refractivity contribution in [2.75, 3.05) is 60.0 Å². The maximum Gasteiger partial charge on any atom is 0.191 e. The molecule has 2 fully saturated rings. The highest BCUT2D eigenvalue weighted by Crippen LogP contribution is 2.28. The third-order valence-electron chi connectivity index (χ3n) is 5.86. The number of aliphatic imine (C=N–C) groups is 1. The molecule has 6 heteroatoms. The smallest absolute Gasteiger partial charge is 0.191 e. The number of ether oxygens (including phenoxy) is 1. The Kier molecular flexibility index (Phi) is 9.72. The predicted molar refractivity (Wildman–Crippen MR) is 110 cm³/mol. The molecule has 1 saturated heterocycles. The molecule has 0 aromatic rings. The Morgan fingerprint density at radius 3 is 2.46 bits per heavy atom. The number of rotatable bonds is 8. The fourth-order valence-electron chi connectivity index (χ4n) is 4.19. The number of nitrogens with one attached hydrogen (secondary N) is 2. The summed E-state index contributed by atoms with van der Waals surface area (Å²) in [6.07, 6.45) is 6.92. The third-order valence-corrected chi connectivity index (χ3v) is 5.86. The number of likely N-dealkylation sites (N-methyl/N-ethyl adjacent to an activating group) is 1. The molecule has 0 amide bonds. The minimum Gasteiger partial charge on any atom is -0.379 e. The van der Waals surface area contributed by atoms with E-state index in [1.807, 2.05) is 0 Å². The zero-order valence-electron chi connectivity index (χ0n) is 17.5. The molecule has 0 spiro atoms. The molecule has 26 heavy (non-hydrogen) atoms. The maximum atomic E-state index is 5.45. The molecular formula is C20H41N5O. The Morgan fingerprint density at radius 2 is 1.85 bits per heavy atom. The molecule has 1 aliphatic heterocycles. The summed E-state index contributed by atoms with van der Waals surface area (Å²) in [5, 5.41) is 7.03. The largest absolute Gasteiger partial charge is 0.379 e. The van der Waals surface area contributed by atoms with Crippen LogP contribution < -0.4 is 10.6 Å². The minimum absolute atomic E-state index is 0.456. The quantitative estimate of drug-likeness (QED) is 0.506. The number of nitrogens with zero attached hydrogens (tertiary/aromatic N) is 3. The average molecular weight is 368 g/mol. The van der Waals surface area contributed by atoms with Crippen molar-refractivity contribution in [3.8, 4) is 0 Å². The summed E-state index contributed by atoms with van der Waals surface area (Å²) in [4.78, 5) is 9.72. The first kappa shape index (κ1) is 21.5. The van der Waals surface area contributed by atoms with Crippen LogP contribution in [0.2, 0.25) is 0 Å². The standard InChI is InChI=1S/C20H41N5O/c1-5-21-20(22-15-17(2)25-11-13-26-14-12-25)23-16-19(24(3)4)18-9-7-6-8-10-18/h17-19H,5-16H2,1-4H3,(H2,21,22,23). The SMILES string of the molecule is CCNC(=NCC(C)N1CCOCC1)NCC(C1CCCCC1)N(C)C. The van der Waals surface area contributed by atoms with Crippen LogP contribution in [0.4, 0.5) is 0 Å². The summed E-state index contributed by atoms with van der Waals surface area (Å²) in [5.41, 5.74) is 0. The topological polar surface area (TPSA) is 52.1 Å². The van der Waals surface area contributed by atoms with Crippen LogP contribution in [0.1, 0.15) is 46.0 Å². The molecule has 0 radical (unpaired) electrons. The van der Waals surface area contributed by atoms with Gasteiger partial charge in [0.2, 0.25) is 0 Å². The van der Waals surface area contributed by atoms with Crippen molar-refractivity contribution in [3.63, 3.8) is 0 Å². The fourth-order valence-corrected chi connectivity index (χ4v) is 4.19. The molecule has 2 unspecified atom stereocenters. The lowest BCUT2D eigenvalue weighted by Gasteiger charge is -2.35. The number of hydrogen-bond donors (Lipinski definition) is 2. The van der Waals surface area contributed by atoms with Crippen molar-refractivity contribution in [1.29, 1.82) is 0 Å². The van der Waals surface area contributed by atoms with Crippen LogP contribution in [0.15, 0.2) is 4.99 Å². The first-order chi connectivity index (χ1) is 12.6. The monoisotopic (exact) mass is 367 g/mol. The Labute approximate surface area is 160 Å². The van der Waals surface area contributed by atoms with E-state index in [2.05, 4.69) is 48.4 Å². The number of guanidine groups is 1. The first-order valence-electron chi connectivity index (χ1n) is 10.6. The van der Waals surface area contributed by atoms with Gasteiger partial charge in [0.1, 0.15) is 0 Å². The Balaban J connectivity index is 1.86. The fraction of sp³-hybridized carbons (Fsp3) is 0.950. The van der Waals surface area contributed by atoms with Crippen molar-refractivity contribution < 1.29 is 4.74 Å². The average Bonchev–Trinajstić information content (AvgIpc) is 2.67. The van der Waals surface area contributed by atoms with Gasteiger partial charge in [-0.1, -0.05) is 19.3 Å². The first-order valence-corrected chi connectivity index (χ1v) is 10.6. The second-order valence-corrected chi connectivity index (χ2v) is 8.03. The van der Waals surface area contributed by atoms with Gasteiger partial charge in [0, 0.05) is 38.3 Å². The predicted octanol–water partition coefficient (Wildman–Crippen LogP) is 1.77. The van der Waals surface area contributed by atoms with Crippen LogP contribution in [0.5, 0.6) is 0 Å². The van der Waals surface area contributed by atoms with Gasteiger partial charge in [-0.3, -0.25) is 9.89 Å². The summed E-state index contributed by atoms with van der Waals surface area (Å²) < 4.78 is 5.45. The van der Waals surface area contributed by atoms with E-state index in [4.69, 9.17) is 9.73 Å². The molecule has 2 aliphatic rings. The van der Waals surface area contributed by atoms with E-state index in [1.54, 1.807) is 0 Å². The molecule has 1 saturated carbocycles. The second-order valence-electron chi connectivity index (χ2n) is 8.03. The second kappa shape index (κ2) is 11.8. The highest BCUT2D eigenvalue weighted by Gasteiger charge is 2.25. The van der Waals surface area contributed by atoms with Crippen molar-refractivity contribution in [1.82, 2.24) is 20.4 Å². The molecule has 152 valence electrons. The van der Waals surface area contributed by atoms with E-state index >= 15 is 0 Å². The molecule has 2 N–H and O–H groups in total. The van der Waals surface area contributed by atoms with E-state index in [0.29, 0.717) is 12.1 Å². The van der Waals surface area contributed by atoms with Gasteiger partial charge in [0.15, 0.2) is 5.96 Å². The van der Waals surface area contributed by atoms with Gasteiger partial charge in [-0.05, 0) is 46.7 Å². The molecule has 2 atom stereocenters. The van der Waals surface area contributed by atoms with Gasteiger partial charge in [-0.2, -0.15) is 0 Å². The summed E-state index contributed by atoms with van der Waals surface area (Å²) in [7, 11) is 4.43. The summed E-state index contributed by atoms with van der Waals surface area (Å²) in [6.45, 7) is 10.8. The van der Waals surface area contributed by atoms with Crippen molar-refractivity contribution in [2.45, 2.75) is 58.0 Å². The Hall–Kier alpha value is -0.850. The lowest BCUT2D eigenvalue weighted by molar-refractivity contribution is 0.0220. The normalized spacial score (nSPS) is 23.0. The molecule has 6 nitrogen and oxygen atoms in total. The lowest BCUT2D eigenvalue weighted by atomic mass is 9.83. The number of hydrogen-bond acceptors (Lipinski definition) is 4. The summed E-state index contributed by atoms with van der Waals surface area (Å²) >= 11 is 0. The van der Waals surface area contributed by atoms with Gasteiger partial charge < -0.3 is 20.3 Å². The molecule has 0 bridgehead atoms. The van der Waals surface area contributed by atoms with Crippen molar-refractivity contribution >= 4 is 5.96 Å². The number of morpholine rings is 1. The van der Waals surface area contributed by atoms with Crippen LogP contribution in [0, 0.1) is 5.92 Å². The van der Waals surface area contributed by atoms with Crippen molar-refractivity contribution in [2.24, 2.45) is 10.9 Å². The van der Waals surface area contributed by atoms with Gasteiger partial charge in [0.05, 0.1) is 19.8 Å².